The number of halogens is 1. The summed E-state index contributed by atoms with van der Waals surface area (Å²) >= 11 is 6.25. The van der Waals surface area contributed by atoms with Crippen LogP contribution in [0, 0.1) is 5.92 Å². The number of nitrogens with one attached hydrogen (secondary N) is 1. The van der Waals surface area contributed by atoms with Crippen molar-refractivity contribution in [3.05, 3.63) is 77.6 Å². The van der Waals surface area contributed by atoms with Gasteiger partial charge in [-0.25, -0.2) is 4.98 Å². The van der Waals surface area contributed by atoms with E-state index < -0.39 is 0 Å². The van der Waals surface area contributed by atoms with Gasteiger partial charge in [0.05, 0.1) is 42.5 Å². The van der Waals surface area contributed by atoms with Crippen molar-refractivity contribution in [3.8, 4) is 17.2 Å². The van der Waals surface area contributed by atoms with Crippen molar-refractivity contribution in [3.63, 3.8) is 0 Å². The quantitative estimate of drug-likeness (QED) is 0.276. The molecule has 4 aromatic rings. The first-order valence-electron chi connectivity index (χ1n) is 13.1. The molecule has 9 heteroatoms. The smallest absolute Gasteiger partial charge is 0.238 e. The van der Waals surface area contributed by atoms with E-state index in [1.807, 2.05) is 42.5 Å². The Morgan fingerprint density at radius 1 is 1.00 bits per heavy atom. The number of fused-ring (bicyclic) bond motifs is 1. The molecule has 0 atom stereocenters. The van der Waals surface area contributed by atoms with Crippen LogP contribution in [0.4, 0.5) is 5.69 Å². The van der Waals surface area contributed by atoms with E-state index >= 15 is 0 Å². The van der Waals surface area contributed by atoms with Crippen LogP contribution in [0.3, 0.4) is 0 Å². The molecule has 1 N–H and O–H groups in total. The third kappa shape index (κ3) is 6.46. The van der Waals surface area contributed by atoms with E-state index in [9.17, 15) is 4.79 Å². The number of carbonyl (C=O) groups is 1. The number of nitrogens with zero attached hydrogens (tertiary/aromatic N) is 3. The van der Waals surface area contributed by atoms with Gasteiger partial charge in [0, 0.05) is 12.6 Å². The number of para-hydroxylation sites is 3. The van der Waals surface area contributed by atoms with E-state index in [1.165, 1.54) is 7.11 Å². The second kappa shape index (κ2) is 12.4. The average molecular weight is 549 g/mol. The maximum atomic E-state index is 12.8. The highest BCUT2D eigenvalue weighted by Crippen LogP contribution is 2.36. The van der Waals surface area contributed by atoms with Gasteiger partial charge in [-0.1, -0.05) is 41.9 Å². The molecular formula is C30H33ClN4O4. The van der Waals surface area contributed by atoms with Crippen molar-refractivity contribution in [2.45, 2.75) is 26.0 Å². The Kier molecular flexibility index (Phi) is 8.54. The number of ether oxygens (including phenoxy) is 3. The van der Waals surface area contributed by atoms with Crippen LogP contribution >= 0.6 is 11.6 Å². The fourth-order valence-electron chi connectivity index (χ4n) is 5.04. The Balaban J connectivity index is 1.18. The van der Waals surface area contributed by atoms with Crippen LogP contribution in [0.1, 0.15) is 18.7 Å². The number of aromatic nitrogens is 2. The van der Waals surface area contributed by atoms with Gasteiger partial charge in [0.25, 0.3) is 0 Å². The zero-order chi connectivity index (χ0) is 27.2. The summed E-state index contributed by atoms with van der Waals surface area (Å²) in [5.74, 6) is 3.13. The minimum atomic E-state index is -0.103. The minimum absolute atomic E-state index is 0.103. The second-order valence-electron chi connectivity index (χ2n) is 9.68. The van der Waals surface area contributed by atoms with Crippen molar-refractivity contribution in [2.75, 3.05) is 39.2 Å². The molecule has 2 heterocycles. The molecule has 0 spiro atoms. The highest BCUT2D eigenvalue weighted by molar-refractivity contribution is 6.32. The molecule has 3 aromatic carbocycles. The number of hydrogen-bond acceptors (Lipinski definition) is 6. The summed E-state index contributed by atoms with van der Waals surface area (Å²) in [4.78, 5) is 19.9. The minimum Gasteiger partial charge on any atom is -0.495 e. The lowest BCUT2D eigenvalue weighted by Crippen LogP contribution is -2.40. The maximum absolute atomic E-state index is 12.8. The number of anilines is 1. The van der Waals surface area contributed by atoms with Gasteiger partial charge in [-0.15, -0.1) is 0 Å². The van der Waals surface area contributed by atoms with Gasteiger partial charge in [0.15, 0.2) is 0 Å². The maximum Gasteiger partial charge on any atom is 0.238 e. The van der Waals surface area contributed by atoms with Crippen LogP contribution < -0.4 is 19.5 Å². The zero-order valence-electron chi connectivity index (χ0n) is 22.2. The molecule has 1 amide bonds. The predicted molar refractivity (Wildman–Crippen MR) is 153 cm³/mol. The van der Waals surface area contributed by atoms with Gasteiger partial charge in [-0.2, -0.15) is 0 Å². The summed E-state index contributed by atoms with van der Waals surface area (Å²) in [6.07, 6.45) is 1.99. The fourth-order valence-corrected chi connectivity index (χ4v) is 5.28. The van der Waals surface area contributed by atoms with Crippen molar-refractivity contribution in [2.24, 2.45) is 5.92 Å². The highest BCUT2D eigenvalue weighted by atomic mass is 35.5. The Morgan fingerprint density at radius 2 is 1.72 bits per heavy atom. The SMILES string of the molecule is COc1cc(OC)c(NC(=O)CN2CCC(Cn3c(COc4ccccc4)nc4ccccc43)CC2)cc1Cl. The van der Waals surface area contributed by atoms with Crippen molar-refractivity contribution in [1.29, 1.82) is 0 Å². The number of carbonyl (C=O) groups excluding carboxylic acids is 1. The van der Waals surface area contributed by atoms with Crippen molar-refractivity contribution in [1.82, 2.24) is 14.5 Å². The molecule has 0 aliphatic carbocycles. The number of rotatable bonds is 10. The molecule has 1 fully saturated rings. The Morgan fingerprint density at radius 3 is 2.46 bits per heavy atom. The first kappa shape index (κ1) is 26.8. The van der Waals surface area contributed by atoms with E-state index in [2.05, 4.69) is 26.9 Å². The van der Waals surface area contributed by atoms with E-state index in [0.717, 1.165) is 55.1 Å². The largest absolute Gasteiger partial charge is 0.495 e. The van der Waals surface area contributed by atoms with Crippen molar-refractivity contribution < 1.29 is 19.0 Å². The van der Waals surface area contributed by atoms with E-state index in [4.69, 9.17) is 30.8 Å². The first-order chi connectivity index (χ1) is 19.0. The summed E-state index contributed by atoms with van der Waals surface area (Å²) in [5.41, 5.74) is 2.63. The molecule has 0 unspecified atom stereocenters. The molecule has 1 aromatic heterocycles. The fraction of sp³-hybridized carbons (Fsp3) is 0.333. The van der Waals surface area contributed by atoms with Gasteiger partial charge in [-0.3, -0.25) is 9.69 Å². The van der Waals surface area contributed by atoms with Crippen LogP contribution in [0.5, 0.6) is 17.2 Å². The molecule has 0 bridgehead atoms. The zero-order valence-corrected chi connectivity index (χ0v) is 23.0. The third-order valence-electron chi connectivity index (χ3n) is 7.11. The normalized spacial score (nSPS) is 14.3. The lowest BCUT2D eigenvalue weighted by molar-refractivity contribution is -0.117. The van der Waals surface area contributed by atoms with Gasteiger partial charge in [0.2, 0.25) is 5.91 Å². The topological polar surface area (TPSA) is 77.9 Å². The first-order valence-corrected chi connectivity index (χ1v) is 13.5. The second-order valence-corrected chi connectivity index (χ2v) is 10.1. The van der Waals surface area contributed by atoms with Crippen LogP contribution in [0.15, 0.2) is 66.7 Å². The molecule has 1 aliphatic rings. The molecule has 39 heavy (non-hydrogen) atoms. The number of piperidine rings is 1. The third-order valence-corrected chi connectivity index (χ3v) is 7.40. The molecule has 8 nitrogen and oxygen atoms in total. The Bertz CT molecular complexity index is 1420. The van der Waals surface area contributed by atoms with Crippen LogP contribution in [-0.4, -0.2) is 54.2 Å². The Hall–Kier alpha value is -3.75. The van der Waals surface area contributed by atoms with Gasteiger partial charge >= 0.3 is 0 Å². The van der Waals surface area contributed by atoms with Crippen LogP contribution in [0.2, 0.25) is 5.02 Å². The van der Waals surface area contributed by atoms with E-state index in [0.29, 0.717) is 41.3 Å². The van der Waals surface area contributed by atoms with Gasteiger partial charge < -0.3 is 24.1 Å². The number of benzene rings is 3. The highest BCUT2D eigenvalue weighted by Gasteiger charge is 2.24. The number of methoxy groups -OCH3 is 2. The molecule has 1 saturated heterocycles. The van der Waals surface area contributed by atoms with Crippen LogP contribution in [-0.2, 0) is 17.9 Å². The van der Waals surface area contributed by atoms with E-state index in [1.54, 1.807) is 19.2 Å². The lowest BCUT2D eigenvalue weighted by atomic mass is 9.96. The summed E-state index contributed by atoms with van der Waals surface area (Å²) in [5, 5.41) is 3.34. The summed E-state index contributed by atoms with van der Waals surface area (Å²) < 4.78 is 19.0. The number of hydrogen-bond donors (Lipinski definition) is 1. The molecule has 204 valence electrons. The summed E-state index contributed by atoms with van der Waals surface area (Å²) in [6.45, 7) is 3.29. The van der Waals surface area contributed by atoms with Crippen LogP contribution in [0.25, 0.3) is 11.0 Å². The Labute approximate surface area is 233 Å². The van der Waals surface area contributed by atoms with Gasteiger partial charge in [-0.05, 0) is 62.2 Å². The molecular weight excluding hydrogens is 516 g/mol. The average Bonchev–Trinajstić information content (AvgIpc) is 3.30. The number of likely N-dealkylation sites (tertiary alicyclic amines) is 1. The van der Waals surface area contributed by atoms with E-state index in [-0.39, 0.29) is 5.91 Å². The standard InChI is InChI=1S/C30H33ClN4O4/c1-37-27-17-28(38-2)25(16-23(27)31)33-30(36)19-34-14-12-21(13-15-34)18-35-26-11-7-6-10-24(26)32-29(35)20-39-22-8-4-3-5-9-22/h3-11,16-17,21H,12-15,18-20H2,1-2H3,(H,33,36). The molecule has 0 radical (unpaired) electrons. The molecule has 1 aliphatic heterocycles. The monoisotopic (exact) mass is 548 g/mol. The molecule has 0 saturated carbocycles. The number of amides is 1. The number of imidazole rings is 1. The van der Waals surface area contributed by atoms with Gasteiger partial charge in [0.1, 0.15) is 29.7 Å². The van der Waals surface area contributed by atoms with Crippen molar-refractivity contribution >= 4 is 34.2 Å². The summed E-state index contributed by atoms with van der Waals surface area (Å²) in [7, 11) is 3.09. The lowest BCUT2D eigenvalue weighted by Gasteiger charge is -2.32. The molecule has 5 rings (SSSR count). The summed E-state index contributed by atoms with van der Waals surface area (Å²) in [6, 6.07) is 21.4. The predicted octanol–water partition coefficient (Wildman–Crippen LogP) is 5.64.